The van der Waals surface area contributed by atoms with Crippen LogP contribution in [0.2, 0.25) is 0 Å². The summed E-state index contributed by atoms with van der Waals surface area (Å²) in [5, 5.41) is 12.2. The van der Waals surface area contributed by atoms with E-state index in [0.29, 0.717) is 16.6 Å². The molecule has 7 nitrogen and oxygen atoms in total. The van der Waals surface area contributed by atoms with E-state index < -0.39 is 0 Å². The predicted octanol–water partition coefficient (Wildman–Crippen LogP) is -0.349. The lowest BCUT2D eigenvalue weighted by Gasteiger charge is -2.15. The highest BCUT2D eigenvalue weighted by molar-refractivity contribution is 5.97. The summed E-state index contributed by atoms with van der Waals surface area (Å²) in [5.41, 5.74) is 1.51. The molecule has 1 aliphatic rings. The Morgan fingerprint density at radius 3 is 2.90 bits per heavy atom. The minimum Gasteiger partial charge on any atom is -0.395 e. The number of likely N-dealkylation sites (tertiary alicyclic amines) is 1. The molecule has 1 aromatic carbocycles. The fourth-order valence-corrected chi connectivity index (χ4v) is 2.84. The number of carbonyl (C=O) groups excluding carboxylic acids is 1. The lowest BCUT2D eigenvalue weighted by Crippen LogP contribution is -2.36. The van der Waals surface area contributed by atoms with E-state index in [9.17, 15) is 14.7 Å². The smallest absolute Gasteiger partial charge is 0.323 e. The van der Waals surface area contributed by atoms with Crippen LogP contribution in [0.5, 0.6) is 0 Å². The summed E-state index contributed by atoms with van der Waals surface area (Å²) < 4.78 is 0. The van der Waals surface area contributed by atoms with Crippen LogP contribution in [0.25, 0.3) is 11.0 Å². The number of nitrogens with one attached hydrogen (secondary N) is 3. The lowest BCUT2D eigenvalue weighted by molar-refractivity contribution is 0.0938. The molecule has 3 rings (SSSR count). The highest BCUT2D eigenvalue weighted by atomic mass is 16.3. The molecule has 0 unspecified atom stereocenters. The molecule has 2 heterocycles. The zero-order chi connectivity index (χ0) is 15.0. The number of carbonyl (C=O) groups is 1. The predicted molar refractivity (Wildman–Crippen MR) is 78.3 cm³/mol. The number of rotatable bonds is 3. The number of fused-ring (bicyclic) bond motifs is 1. The number of aliphatic hydroxyl groups is 1. The summed E-state index contributed by atoms with van der Waals surface area (Å²) in [5.74, 6) is -0.170. The minimum atomic E-state index is -0.286. The van der Waals surface area contributed by atoms with Crippen LogP contribution in [-0.2, 0) is 0 Å². The summed E-state index contributed by atoms with van der Waals surface area (Å²) in [6, 6.07) is 5.17. The standard InChI is InChI=1S/C14H18N4O3/c1-18-6-9(5-10(18)7-19)15-13(20)8-2-3-11-12(4-8)17-14(21)16-11/h2-4,9-10,19H,5-7H2,1H3,(H,15,20)(H2,16,17,21)/t9-,10+/m1/s1. The van der Waals surface area contributed by atoms with Gasteiger partial charge in [-0.3, -0.25) is 9.69 Å². The van der Waals surface area contributed by atoms with Crippen molar-refractivity contribution in [3.63, 3.8) is 0 Å². The largest absolute Gasteiger partial charge is 0.395 e. The van der Waals surface area contributed by atoms with E-state index in [1.54, 1.807) is 18.2 Å². The molecule has 0 spiro atoms. The highest BCUT2D eigenvalue weighted by Crippen LogP contribution is 2.16. The van der Waals surface area contributed by atoms with Crippen LogP contribution in [0.15, 0.2) is 23.0 Å². The van der Waals surface area contributed by atoms with Crippen LogP contribution in [0, 0.1) is 0 Å². The van der Waals surface area contributed by atoms with Gasteiger partial charge in [0.1, 0.15) is 0 Å². The van der Waals surface area contributed by atoms with Gasteiger partial charge in [0.05, 0.1) is 17.6 Å². The number of aromatic nitrogens is 2. The maximum absolute atomic E-state index is 12.3. The molecule has 112 valence electrons. The second-order valence-corrected chi connectivity index (χ2v) is 5.52. The molecule has 0 aliphatic carbocycles. The topological polar surface area (TPSA) is 101 Å². The number of hydrogen-bond donors (Lipinski definition) is 4. The van der Waals surface area contributed by atoms with Crippen molar-refractivity contribution in [1.29, 1.82) is 0 Å². The van der Waals surface area contributed by atoms with E-state index in [1.807, 2.05) is 11.9 Å². The second kappa shape index (κ2) is 5.34. The van der Waals surface area contributed by atoms with Crippen molar-refractivity contribution in [1.82, 2.24) is 20.2 Å². The van der Waals surface area contributed by atoms with Crippen molar-refractivity contribution in [2.75, 3.05) is 20.2 Å². The Hall–Kier alpha value is -2.12. The minimum absolute atomic E-state index is 0.0284. The van der Waals surface area contributed by atoms with Crippen molar-refractivity contribution < 1.29 is 9.90 Å². The summed E-state index contributed by atoms with van der Waals surface area (Å²) in [4.78, 5) is 30.8. The first-order chi connectivity index (χ1) is 10.1. The SMILES string of the molecule is CN1C[C@H](NC(=O)c2ccc3[nH]c(=O)[nH]c3c2)C[C@H]1CO. The Bertz CT molecular complexity index is 720. The zero-order valence-electron chi connectivity index (χ0n) is 11.7. The third-order valence-corrected chi connectivity index (χ3v) is 4.01. The Kier molecular flexibility index (Phi) is 3.52. The van der Waals surface area contributed by atoms with Gasteiger partial charge in [-0.05, 0) is 31.7 Å². The maximum Gasteiger partial charge on any atom is 0.323 e. The maximum atomic E-state index is 12.3. The van der Waals surface area contributed by atoms with Gasteiger partial charge < -0.3 is 20.4 Å². The third kappa shape index (κ3) is 2.70. The van der Waals surface area contributed by atoms with E-state index in [2.05, 4.69) is 15.3 Å². The van der Waals surface area contributed by atoms with Crippen molar-refractivity contribution in [2.45, 2.75) is 18.5 Å². The van der Waals surface area contributed by atoms with Crippen molar-refractivity contribution >= 4 is 16.9 Å². The molecule has 7 heteroatoms. The highest BCUT2D eigenvalue weighted by Gasteiger charge is 2.29. The monoisotopic (exact) mass is 290 g/mol. The average molecular weight is 290 g/mol. The number of H-pyrrole nitrogens is 2. The molecule has 1 fully saturated rings. The Morgan fingerprint density at radius 1 is 1.43 bits per heavy atom. The quantitative estimate of drug-likeness (QED) is 0.620. The molecule has 2 aromatic rings. The molecule has 1 saturated heterocycles. The summed E-state index contributed by atoms with van der Waals surface area (Å²) in [7, 11) is 1.93. The van der Waals surface area contributed by atoms with E-state index in [4.69, 9.17) is 0 Å². The van der Waals surface area contributed by atoms with Gasteiger partial charge in [0.25, 0.3) is 5.91 Å². The van der Waals surface area contributed by atoms with E-state index in [0.717, 1.165) is 13.0 Å². The number of hydrogen-bond acceptors (Lipinski definition) is 4. The molecule has 2 atom stereocenters. The average Bonchev–Trinajstić information content (AvgIpc) is 2.99. The van der Waals surface area contributed by atoms with Gasteiger partial charge in [0, 0.05) is 24.2 Å². The Morgan fingerprint density at radius 2 is 2.19 bits per heavy atom. The van der Waals surface area contributed by atoms with Gasteiger partial charge in [0.15, 0.2) is 0 Å². The van der Waals surface area contributed by atoms with Crippen LogP contribution < -0.4 is 11.0 Å². The number of nitrogens with zero attached hydrogens (tertiary/aromatic N) is 1. The van der Waals surface area contributed by atoms with Crippen LogP contribution in [0.1, 0.15) is 16.8 Å². The number of aliphatic hydroxyl groups excluding tert-OH is 1. The van der Waals surface area contributed by atoms with E-state index in [1.165, 1.54) is 0 Å². The van der Waals surface area contributed by atoms with Gasteiger partial charge in [-0.15, -0.1) is 0 Å². The molecule has 4 N–H and O–H groups in total. The number of imidazole rings is 1. The third-order valence-electron chi connectivity index (χ3n) is 4.01. The van der Waals surface area contributed by atoms with Gasteiger partial charge in [-0.25, -0.2) is 4.79 Å². The van der Waals surface area contributed by atoms with Crippen molar-refractivity contribution in [3.8, 4) is 0 Å². The molecular weight excluding hydrogens is 272 g/mol. The number of likely N-dealkylation sites (N-methyl/N-ethyl adjacent to an activating group) is 1. The van der Waals surface area contributed by atoms with Gasteiger partial charge in [0.2, 0.25) is 0 Å². The summed E-state index contributed by atoms with van der Waals surface area (Å²) >= 11 is 0. The van der Waals surface area contributed by atoms with Gasteiger partial charge in [-0.2, -0.15) is 0 Å². The van der Waals surface area contributed by atoms with Crippen molar-refractivity contribution in [2.24, 2.45) is 0 Å². The number of amides is 1. The Balaban J connectivity index is 1.73. The fourth-order valence-electron chi connectivity index (χ4n) is 2.84. The lowest BCUT2D eigenvalue weighted by atomic mass is 10.1. The number of aromatic amines is 2. The van der Waals surface area contributed by atoms with Crippen LogP contribution >= 0.6 is 0 Å². The van der Waals surface area contributed by atoms with Crippen molar-refractivity contribution in [3.05, 3.63) is 34.2 Å². The molecule has 0 saturated carbocycles. The molecule has 1 aliphatic heterocycles. The van der Waals surface area contributed by atoms with Crippen LogP contribution in [-0.4, -0.2) is 58.2 Å². The molecule has 1 aromatic heterocycles. The Labute approximate surface area is 121 Å². The van der Waals surface area contributed by atoms with E-state index in [-0.39, 0.29) is 30.3 Å². The summed E-state index contributed by atoms with van der Waals surface area (Å²) in [6.45, 7) is 0.819. The van der Waals surface area contributed by atoms with Gasteiger partial charge >= 0.3 is 5.69 Å². The van der Waals surface area contributed by atoms with E-state index >= 15 is 0 Å². The number of benzene rings is 1. The van der Waals surface area contributed by atoms with Crippen LogP contribution in [0.3, 0.4) is 0 Å². The first kappa shape index (κ1) is 13.8. The first-order valence-electron chi connectivity index (χ1n) is 6.91. The van der Waals surface area contributed by atoms with Gasteiger partial charge in [-0.1, -0.05) is 0 Å². The second-order valence-electron chi connectivity index (χ2n) is 5.52. The molecule has 21 heavy (non-hydrogen) atoms. The molecular formula is C14H18N4O3. The zero-order valence-corrected chi connectivity index (χ0v) is 11.7. The normalized spacial score (nSPS) is 22.8. The fraction of sp³-hybridized carbons (Fsp3) is 0.429. The summed E-state index contributed by atoms with van der Waals surface area (Å²) in [6.07, 6.45) is 0.738. The first-order valence-corrected chi connectivity index (χ1v) is 6.91. The molecule has 0 radical (unpaired) electrons. The van der Waals surface area contributed by atoms with Crippen LogP contribution in [0.4, 0.5) is 0 Å². The molecule has 0 bridgehead atoms. The molecule has 1 amide bonds.